The number of fused-ring (bicyclic) bond motifs is 1. The Hall–Kier alpha value is -3.19. The topological polar surface area (TPSA) is 93.2 Å². The van der Waals surface area contributed by atoms with Crippen LogP contribution in [0.1, 0.15) is 15.9 Å². The van der Waals surface area contributed by atoms with Crippen molar-refractivity contribution in [3.05, 3.63) is 74.4 Å². The highest BCUT2D eigenvalue weighted by Crippen LogP contribution is 2.20. The summed E-state index contributed by atoms with van der Waals surface area (Å²) in [6.45, 7) is 0.312. The molecule has 3 rings (SSSR count). The van der Waals surface area contributed by atoms with Crippen LogP contribution in [0.15, 0.2) is 52.2 Å². The number of aromatic nitrogens is 2. The lowest BCUT2D eigenvalue weighted by molar-refractivity contribution is 0.102. The number of hydrogen-bond donors (Lipinski definition) is 2. The van der Waals surface area contributed by atoms with Gasteiger partial charge in [-0.1, -0.05) is 6.07 Å². The van der Waals surface area contributed by atoms with Crippen LogP contribution in [0.25, 0.3) is 10.9 Å². The van der Waals surface area contributed by atoms with E-state index < -0.39 is 5.91 Å². The average Bonchev–Trinajstić information content (AvgIpc) is 2.57. The second-order valence-electron chi connectivity index (χ2n) is 5.64. The van der Waals surface area contributed by atoms with Crippen LogP contribution in [0.3, 0.4) is 0 Å². The molecule has 0 spiro atoms. The number of anilines is 1. The Morgan fingerprint density at radius 1 is 1.24 bits per heavy atom. The first-order valence-corrected chi connectivity index (χ1v) is 7.61. The summed E-state index contributed by atoms with van der Waals surface area (Å²) in [5.41, 5.74) is 1.24. The Bertz CT molecular complexity index is 1070. The monoisotopic (exact) mass is 339 g/mol. The molecule has 0 bridgehead atoms. The summed E-state index contributed by atoms with van der Waals surface area (Å²) in [7, 11) is 3.14. The Kier molecular flexibility index (Phi) is 4.49. The molecule has 0 fully saturated rings. The molecule has 0 aliphatic carbocycles. The van der Waals surface area contributed by atoms with Crippen molar-refractivity contribution in [2.75, 3.05) is 12.4 Å². The van der Waals surface area contributed by atoms with Gasteiger partial charge >= 0.3 is 0 Å². The number of benzene rings is 1. The van der Waals surface area contributed by atoms with Gasteiger partial charge in [-0.05, 0) is 29.8 Å². The Balaban J connectivity index is 1.97. The molecule has 2 N–H and O–H groups in total. The fourth-order valence-corrected chi connectivity index (χ4v) is 2.65. The first-order chi connectivity index (χ1) is 12.0. The van der Waals surface area contributed by atoms with Crippen molar-refractivity contribution in [1.29, 1.82) is 0 Å². The molecule has 3 aromatic rings. The Morgan fingerprint density at radius 3 is 2.80 bits per heavy atom. The maximum absolute atomic E-state index is 12.3. The van der Waals surface area contributed by atoms with Crippen LogP contribution in [-0.2, 0) is 18.4 Å². The number of nitrogens with zero attached hydrogens (tertiary/aromatic N) is 1. The number of aryl methyl sites for hydroxylation is 1. The molecule has 0 atom stereocenters. The summed E-state index contributed by atoms with van der Waals surface area (Å²) < 4.78 is 6.45. The summed E-state index contributed by atoms with van der Waals surface area (Å²) in [4.78, 5) is 38.9. The van der Waals surface area contributed by atoms with E-state index in [4.69, 9.17) is 4.74 Å². The molecule has 25 heavy (non-hydrogen) atoms. The highest BCUT2D eigenvalue weighted by molar-refractivity contribution is 6.04. The van der Waals surface area contributed by atoms with E-state index in [1.54, 1.807) is 44.6 Å². The predicted molar refractivity (Wildman–Crippen MR) is 94.9 cm³/mol. The molecule has 128 valence electrons. The van der Waals surface area contributed by atoms with Crippen LogP contribution in [-0.4, -0.2) is 22.6 Å². The van der Waals surface area contributed by atoms with E-state index in [1.807, 2.05) is 0 Å². The van der Waals surface area contributed by atoms with E-state index in [2.05, 4.69) is 10.3 Å². The van der Waals surface area contributed by atoms with Gasteiger partial charge < -0.3 is 19.6 Å². The average molecular weight is 339 g/mol. The van der Waals surface area contributed by atoms with E-state index in [1.165, 1.54) is 16.7 Å². The number of H-pyrrole nitrogens is 1. The number of methoxy groups -OCH3 is 1. The molecule has 0 saturated heterocycles. The maximum atomic E-state index is 12.3. The first kappa shape index (κ1) is 16.7. The van der Waals surface area contributed by atoms with Gasteiger partial charge in [0.05, 0.1) is 12.1 Å². The molecule has 0 aliphatic rings. The van der Waals surface area contributed by atoms with Crippen LogP contribution in [0, 0.1) is 0 Å². The number of rotatable bonds is 4. The summed E-state index contributed by atoms with van der Waals surface area (Å²) in [5, 5.41) is 3.51. The molecule has 7 nitrogen and oxygen atoms in total. The molecule has 2 heterocycles. The van der Waals surface area contributed by atoms with Gasteiger partial charge in [0, 0.05) is 37.5 Å². The summed E-state index contributed by atoms with van der Waals surface area (Å²) in [6, 6.07) is 9.74. The maximum Gasteiger partial charge on any atom is 0.263 e. The normalized spacial score (nSPS) is 10.8. The zero-order chi connectivity index (χ0) is 18.0. The van der Waals surface area contributed by atoms with Gasteiger partial charge in [0.25, 0.3) is 11.5 Å². The second kappa shape index (κ2) is 6.74. The van der Waals surface area contributed by atoms with Gasteiger partial charge in [-0.25, -0.2) is 0 Å². The molecule has 1 amide bonds. The molecule has 0 unspecified atom stereocenters. The van der Waals surface area contributed by atoms with Gasteiger partial charge in [0.15, 0.2) is 0 Å². The zero-order valence-corrected chi connectivity index (χ0v) is 13.8. The van der Waals surface area contributed by atoms with Gasteiger partial charge in [-0.2, -0.15) is 0 Å². The number of carbonyl (C=O) groups is 1. The van der Waals surface area contributed by atoms with E-state index >= 15 is 0 Å². The smallest absolute Gasteiger partial charge is 0.263 e. The molecule has 0 radical (unpaired) electrons. The first-order valence-electron chi connectivity index (χ1n) is 7.61. The second-order valence-corrected chi connectivity index (χ2v) is 5.64. The van der Waals surface area contributed by atoms with Gasteiger partial charge in [-0.3, -0.25) is 14.4 Å². The third kappa shape index (κ3) is 3.36. The Morgan fingerprint density at radius 2 is 2.04 bits per heavy atom. The van der Waals surface area contributed by atoms with Crippen LogP contribution in [0.5, 0.6) is 0 Å². The van der Waals surface area contributed by atoms with E-state index in [0.29, 0.717) is 17.8 Å². The van der Waals surface area contributed by atoms with Crippen molar-refractivity contribution in [2.24, 2.45) is 7.05 Å². The molecule has 0 aliphatic heterocycles. The molecule has 2 aromatic heterocycles. The van der Waals surface area contributed by atoms with Crippen molar-refractivity contribution >= 4 is 22.5 Å². The summed E-state index contributed by atoms with van der Waals surface area (Å²) in [6.07, 6.45) is 1.58. The lowest BCUT2D eigenvalue weighted by Gasteiger charge is -2.09. The molecular weight excluding hydrogens is 322 g/mol. The summed E-state index contributed by atoms with van der Waals surface area (Å²) in [5.74, 6) is -0.504. The quantitative estimate of drug-likeness (QED) is 0.755. The lowest BCUT2D eigenvalue weighted by Crippen LogP contribution is -2.27. The lowest BCUT2D eigenvalue weighted by atomic mass is 10.1. The van der Waals surface area contributed by atoms with E-state index in [0.717, 1.165) is 10.9 Å². The third-order valence-electron chi connectivity index (χ3n) is 3.85. The summed E-state index contributed by atoms with van der Waals surface area (Å²) >= 11 is 0. The Labute approximate surface area is 142 Å². The fraction of sp³-hybridized carbons (Fsp3) is 0.167. The largest absolute Gasteiger partial charge is 0.380 e. The van der Waals surface area contributed by atoms with Crippen molar-refractivity contribution in [1.82, 2.24) is 9.55 Å². The number of hydrogen-bond acceptors (Lipinski definition) is 4. The molecule has 1 aromatic carbocycles. The van der Waals surface area contributed by atoms with Gasteiger partial charge in [0.2, 0.25) is 5.56 Å². The van der Waals surface area contributed by atoms with E-state index in [9.17, 15) is 14.4 Å². The SMILES string of the molecule is COCc1cc(=O)[nH]c2cc(NC(=O)c3cccn(C)c3=O)ccc12. The van der Waals surface area contributed by atoms with Crippen molar-refractivity contribution in [3.63, 3.8) is 0 Å². The number of carbonyl (C=O) groups excluding carboxylic acids is 1. The van der Waals surface area contributed by atoms with E-state index in [-0.39, 0.29) is 16.7 Å². The molecule has 7 heteroatoms. The number of aromatic amines is 1. The minimum Gasteiger partial charge on any atom is -0.380 e. The molecular formula is C18H17N3O4. The van der Waals surface area contributed by atoms with Crippen LogP contribution in [0.2, 0.25) is 0 Å². The third-order valence-corrected chi connectivity index (χ3v) is 3.85. The zero-order valence-electron chi connectivity index (χ0n) is 13.8. The fourth-order valence-electron chi connectivity index (χ4n) is 2.65. The number of amides is 1. The van der Waals surface area contributed by atoms with Gasteiger partial charge in [-0.15, -0.1) is 0 Å². The van der Waals surface area contributed by atoms with Crippen LogP contribution in [0.4, 0.5) is 5.69 Å². The van der Waals surface area contributed by atoms with Gasteiger partial charge in [0.1, 0.15) is 5.56 Å². The standard InChI is InChI=1S/C18H17N3O4/c1-21-7-3-4-14(18(21)24)17(23)19-12-5-6-13-11(10-25-2)8-16(22)20-15(13)9-12/h3-9H,10H2,1-2H3,(H,19,23)(H,20,22). The van der Waals surface area contributed by atoms with Crippen molar-refractivity contribution in [2.45, 2.75) is 6.61 Å². The number of nitrogens with one attached hydrogen (secondary N) is 2. The minimum atomic E-state index is -0.504. The minimum absolute atomic E-state index is 0.0479. The highest BCUT2D eigenvalue weighted by atomic mass is 16.5. The predicted octanol–water partition coefficient (Wildman–Crippen LogP) is 1.63. The number of pyridine rings is 2. The number of ether oxygens (including phenoxy) is 1. The van der Waals surface area contributed by atoms with Crippen molar-refractivity contribution < 1.29 is 9.53 Å². The van der Waals surface area contributed by atoms with Crippen LogP contribution < -0.4 is 16.4 Å². The van der Waals surface area contributed by atoms with Crippen molar-refractivity contribution in [3.8, 4) is 0 Å². The molecule has 0 saturated carbocycles. The van der Waals surface area contributed by atoms with Crippen LogP contribution >= 0.6 is 0 Å². The highest BCUT2D eigenvalue weighted by Gasteiger charge is 2.12.